The van der Waals surface area contributed by atoms with Crippen molar-refractivity contribution in [3.8, 4) is 0 Å². The summed E-state index contributed by atoms with van der Waals surface area (Å²) in [5.74, 6) is -0.155. The summed E-state index contributed by atoms with van der Waals surface area (Å²) >= 11 is 0. The van der Waals surface area contributed by atoms with E-state index in [4.69, 9.17) is 14.2 Å². The summed E-state index contributed by atoms with van der Waals surface area (Å²) in [6.07, 6.45) is 4.78. The van der Waals surface area contributed by atoms with Gasteiger partial charge < -0.3 is 14.2 Å². The van der Waals surface area contributed by atoms with E-state index in [0.717, 1.165) is 17.5 Å². The molecule has 1 fully saturated rings. The number of carbonyl (C=O) groups is 1. The van der Waals surface area contributed by atoms with Crippen molar-refractivity contribution >= 4 is 5.97 Å². The summed E-state index contributed by atoms with van der Waals surface area (Å²) < 4.78 is 16.8. The minimum atomic E-state index is -0.118. The molecule has 1 aromatic rings. The van der Waals surface area contributed by atoms with Crippen molar-refractivity contribution in [2.75, 3.05) is 19.8 Å². The van der Waals surface area contributed by atoms with E-state index in [1.165, 1.54) is 0 Å². The maximum absolute atomic E-state index is 12.2. The standard InChI is InChI=1S/C18H22O4/c1-18-10-16(18)17(19)22-12-15-7-3-2-6-14(15)11-20-8-4-5-9-21-13-18/h2-7,16H,8-13H2,1H3/b5-4+/t16?,18-/m1/s1. The third-order valence-electron chi connectivity index (χ3n) is 4.41. The first-order valence-corrected chi connectivity index (χ1v) is 7.73. The van der Waals surface area contributed by atoms with E-state index in [1.54, 1.807) is 0 Å². The molecule has 0 bridgehead atoms. The van der Waals surface area contributed by atoms with Gasteiger partial charge in [-0.1, -0.05) is 43.3 Å². The lowest BCUT2D eigenvalue weighted by atomic mass is 10.1. The van der Waals surface area contributed by atoms with Gasteiger partial charge in [-0.05, 0) is 17.5 Å². The van der Waals surface area contributed by atoms with E-state index in [9.17, 15) is 4.79 Å². The van der Waals surface area contributed by atoms with E-state index in [1.807, 2.05) is 36.4 Å². The number of hydrogen-bond donors (Lipinski definition) is 0. The van der Waals surface area contributed by atoms with Gasteiger partial charge in [0.25, 0.3) is 0 Å². The van der Waals surface area contributed by atoms with Gasteiger partial charge in [0.2, 0.25) is 0 Å². The molecule has 4 nitrogen and oxygen atoms in total. The fourth-order valence-electron chi connectivity index (χ4n) is 2.76. The van der Waals surface area contributed by atoms with E-state index in [2.05, 4.69) is 6.92 Å². The third kappa shape index (κ3) is 3.57. The summed E-state index contributed by atoms with van der Waals surface area (Å²) in [4.78, 5) is 12.2. The first-order valence-electron chi connectivity index (χ1n) is 7.73. The SMILES string of the molecule is C[C@@]12COC/C=C/COCc3ccccc3COC(=O)C1C2. The molecule has 0 amide bonds. The number of ether oxygens (including phenoxy) is 3. The zero-order valence-electron chi connectivity index (χ0n) is 12.9. The molecule has 22 heavy (non-hydrogen) atoms. The topological polar surface area (TPSA) is 44.8 Å². The minimum absolute atomic E-state index is 0.0370. The van der Waals surface area contributed by atoms with Crippen LogP contribution in [0.1, 0.15) is 24.5 Å². The Kier molecular flexibility index (Phi) is 4.60. The third-order valence-corrected chi connectivity index (χ3v) is 4.41. The van der Waals surface area contributed by atoms with Crippen LogP contribution in [-0.2, 0) is 32.2 Å². The summed E-state index contributed by atoms with van der Waals surface area (Å²) in [6.45, 7) is 4.60. The molecule has 4 heteroatoms. The van der Waals surface area contributed by atoms with Gasteiger partial charge in [0, 0.05) is 5.41 Å². The quantitative estimate of drug-likeness (QED) is 0.546. The molecular formula is C18H22O4. The number of esters is 1. The molecule has 1 aliphatic carbocycles. The molecule has 1 unspecified atom stereocenters. The van der Waals surface area contributed by atoms with Crippen molar-refractivity contribution in [3.63, 3.8) is 0 Å². The lowest BCUT2D eigenvalue weighted by Crippen LogP contribution is -2.16. The van der Waals surface area contributed by atoms with Gasteiger partial charge in [-0.25, -0.2) is 0 Å². The van der Waals surface area contributed by atoms with E-state index >= 15 is 0 Å². The molecule has 2 aliphatic rings. The second-order valence-corrected chi connectivity index (χ2v) is 6.29. The number of cyclic esters (lactones) is 1. The molecule has 1 saturated carbocycles. The summed E-state index contributed by atoms with van der Waals surface area (Å²) in [5, 5.41) is 0. The van der Waals surface area contributed by atoms with Crippen LogP contribution in [-0.4, -0.2) is 25.8 Å². The monoisotopic (exact) mass is 302 g/mol. The van der Waals surface area contributed by atoms with Gasteiger partial charge in [-0.15, -0.1) is 0 Å². The van der Waals surface area contributed by atoms with Crippen LogP contribution in [0.3, 0.4) is 0 Å². The normalized spacial score (nSPS) is 31.0. The highest BCUT2D eigenvalue weighted by molar-refractivity contribution is 5.76. The first kappa shape index (κ1) is 15.3. The highest BCUT2D eigenvalue weighted by Gasteiger charge is 2.55. The molecule has 3 rings (SSSR count). The molecule has 1 aromatic carbocycles. The van der Waals surface area contributed by atoms with E-state index < -0.39 is 0 Å². The summed E-state index contributed by atoms with van der Waals surface area (Å²) in [6, 6.07) is 7.92. The predicted octanol–water partition coefficient (Wildman–Crippen LogP) is 2.86. The Morgan fingerprint density at radius 1 is 1.05 bits per heavy atom. The maximum Gasteiger partial charge on any atom is 0.309 e. The van der Waals surface area contributed by atoms with Crippen molar-refractivity contribution in [2.45, 2.75) is 26.6 Å². The Morgan fingerprint density at radius 2 is 1.73 bits per heavy atom. The van der Waals surface area contributed by atoms with E-state index in [0.29, 0.717) is 33.0 Å². The molecule has 0 saturated heterocycles. The molecule has 1 heterocycles. The van der Waals surface area contributed by atoms with Crippen molar-refractivity contribution in [3.05, 3.63) is 47.5 Å². The minimum Gasteiger partial charge on any atom is -0.461 e. The molecule has 118 valence electrons. The Balaban J connectivity index is 1.71. The van der Waals surface area contributed by atoms with Gasteiger partial charge in [0.1, 0.15) is 6.61 Å². The number of carbonyl (C=O) groups excluding carboxylic acids is 1. The lowest BCUT2D eigenvalue weighted by Gasteiger charge is -2.12. The van der Waals surface area contributed by atoms with Crippen LogP contribution >= 0.6 is 0 Å². The number of fused-ring (bicyclic) bond motifs is 2. The summed E-state index contributed by atoms with van der Waals surface area (Å²) in [5.41, 5.74) is 2.00. The van der Waals surface area contributed by atoms with Crippen LogP contribution in [0.5, 0.6) is 0 Å². The fourth-order valence-corrected chi connectivity index (χ4v) is 2.76. The van der Waals surface area contributed by atoms with Crippen molar-refractivity contribution in [2.24, 2.45) is 11.3 Å². The Bertz CT molecular complexity index is 566. The number of hydrogen-bond acceptors (Lipinski definition) is 4. The van der Waals surface area contributed by atoms with Gasteiger partial charge in [0.05, 0.1) is 32.3 Å². The van der Waals surface area contributed by atoms with Crippen LogP contribution in [0.15, 0.2) is 36.4 Å². The van der Waals surface area contributed by atoms with Gasteiger partial charge in [-0.2, -0.15) is 0 Å². The number of benzene rings is 1. The molecule has 0 radical (unpaired) electrons. The molecule has 1 aliphatic heterocycles. The first-order chi connectivity index (χ1) is 10.7. The lowest BCUT2D eigenvalue weighted by molar-refractivity contribution is -0.147. The molecule has 2 atom stereocenters. The second-order valence-electron chi connectivity index (χ2n) is 6.29. The van der Waals surface area contributed by atoms with Crippen LogP contribution in [0.25, 0.3) is 0 Å². The molecule has 0 spiro atoms. The smallest absolute Gasteiger partial charge is 0.309 e. The van der Waals surface area contributed by atoms with Crippen molar-refractivity contribution < 1.29 is 19.0 Å². The fraction of sp³-hybridized carbons (Fsp3) is 0.500. The zero-order chi connectivity index (χ0) is 15.4. The van der Waals surface area contributed by atoms with Crippen LogP contribution in [0.4, 0.5) is 0 Å². The zero-order valence-corrected chi connectivity index (χ0v) is 12.9. The van der Waals surface area contributed by atoms with Gasteiger partial charge in [0.15, 0.2) is 0 Å². The van der Waals surface area contributed by atoms with Crippen molar-refractivity contribution in [1.82, 2.24) is 0 Å². The highest BCUT2D eigenvalue weighted by Crippen LogP contribution is 2.53. The Labute approximate surface area is 131 Å². The Hall–Kier alpha value is -1.65. The highest BCUT2D eigenvalue weighted by atomic mass is 16.5. The molecular weight excluding hydrogens is 280 g/mol. The summed E-state index contributed by atoms with van der Waals surface area (Å²) in [7, 11) is 0. The van der Waals surface area contributed by atoms with E-state index in [-0.39, 0.29) is 17.3 Å². The average Bonchev–Trinajstić information content (AvgIpc) is 3.20. The average molecular weight is 302 g/mol. The second kappa shape index (κ2) is 6.63. The molecule has 0 N–H and O–H groups in total. The van der Waals surface area contributed by atoms with Crippen molar-refractivity contribution in [1.29, 1.82) is 0 Å². The van der Waals surface area contributed by atoms with Crippen LogP contribution in [0, 0.1) is 11.3 Å². The molecule has 0 aromatic heterocycles. The van der Waals surface area contributed by atoms with Crippen LogP contribution < -0.4 is 0 Å². The Morgan fingerprint density at radius 3 is 2.50 bits per heavy atom. The predicted molar refractivity (Wildman–Crippen MR) is 82.1 cm³/mol. The van der Waals surface area contributed by atoms with Gasteiger partial charge >= 0.3 is 5.97 Å². The number of rotatable bonds is 0. The van der Waals surface area contributed by atoms with Crippen LogP contribution in [0.2, 0.25) is 0 Å². The van der Waals surface area contributed by atoms with Gasteiger partial charge in [-0.3, -0.25) is 4.79 Å². The largest absolute Gasteiger partial charge is 0.461 e. The maximum atomic E-state index is 12.2.